The van der Waals surface area contributed by atoms with Crippen molar-refractivity contribution in [3.63, 3.8) is 0 Å². The SMILES string of the molecule is CCCCC1(CCCC)CS(=O)c2ccc(N(C)C)cc2[C@@H](c2ccccc2)C1O. The minimum Gasteiger partial charge on any atom is -0.392 e. The Bertz CT molecular complexity index is 841. The number of aliphatic hydroxyl groups is 1. The van der Waals surface area contributed by atoms with E-state index < -0.39 is 16.9 Å². The number of rotatable bonds is 8. The number of hydrogen-bond acceptors (Lipinski definition) is 3. The number of aliphatic hydroxyl groups excluding tert-OH is 1. The second-order valence-electron chi connectivity index (χ2n) is 9.01. The molecule has 164 valence electrons. The highest BCUT2D eigenvalue weighted by molar-refractivity contribution is 7.85. The van der Waals surface area contributed by atoms with Crippen molar-refractivity contribution in [2.45, 2.75) is 69.3 Å². The first kappa shape index (κ1) is 23.0. The molecule has 1 aliphatic heterocycles. The van der Waals surface area contributed by atoms with Crippen molar-refractivity contribution < 1.29 is 9.32 Å². The summed E-state index contributed by atoms with van der Waals surface area (Å²) in [4.78, 5) is 2.97. The van der Waals surface area contributed by atoms with Crippen LogP contribution in [0, 0.1) is 5.41 Å². The minimum absolute atomic E-state index is 0.165. The largest absolute Gasteiger partial charge is 0.392 e. The molecule has 3 rings (SSSR count). The van der Waals surface area contributed by atoms with Crippen LogP contribution in [0.5, 0.6) is 0 Å². The fraction of sp³-hybridized carbons (Fsp3) is 0.538. The fourth-order valence-electron chi connectivity index (χ4n) is 4.86. The van der Waals surface area contributed by atoms with Crippen LogP contribution in [0.1, 0.15) is 69.4 Å². The van der Waals surface area contributed by atoms with E-state index in [1.807, 2.05) is 38.4 Å². The Labute approximate surface area is 185 Å². The lowest BCUT2D eigenvalue weighted by Crippen LogP contribution is -2.42. The summed E-state index contributed by atoms with van der Waals surface area (Å²) in [6.45, 7) is 4.39. The number of unbranched alkanes of at least 4 members (excludes halogenated alkanes) is 2. The average Bonchev–Trinajstić information content (AvgIpc) is 2.84. The Morgan fingerprint density at radius 1 is 1.03 bits per heavy atom. The van der Waals surface area contributed by atoms with Crippen molar-refractivity contribution in [2.75, 3.05) is 24.7 Å². The van der Waals surface area contributed by atoms with Crippen LogP contribution in [-0.2, 0) is 10.8 Å². The van der Waals surface area contributed by atoms with Crippen LogP contribution < -0.4 is 4.90 Å². The van der Waals surface area contributed by atoms with E-state index in [1.165, 1.54) is 0 Å². The van der Waals surface area contributed by atoms with Gasteiger partial charge in [0.25, 0.3) is 0 Å². The summed E-state index contributed by atoms with van der Waals surface area (Å²) >= 11 is 0. The maximum Gasteiger partial charge on any atom is 0.0714 e. The summed E-state index contributed by atoms with van der Waals surface area (Å²) in [6, 6.07) is 16.5. The van der Waals surface area contributed by atoms with Crippen LogP contribution in [-0.4, -0.2) is 35.3 Å². The van der Waals surface area contributed by atoms with E-state index >= 15 is 0 Å². The first-order valence-electron chi connectivity index (χ1n) is 11.4. The van der Waals surface area contributed by atoms with E-state index in [1.54, 1.807) is 0 Å². The number of anilines is 1. The highest BCUT2D eigenvalue weighted by atomic mass is 32.2. The van der Waals surface area contributed by atoms with Crippen molar-refractivity contribution in [2.24, 2.45) is 5.41 Å². The molecule has 2 aromatic rings. The molecule has 3 nitrogen and oxygen atoms in total. The van der Waals surface area contributed by atoms with Gasteiger partial charge in [-0.1, -0.05) is 69.9 Å². The Morgan fingerprint density at radius 3 is 2.23 bits per heavy atom. The molecule has 0 radical (unpaired) electrons. The Morgan fingerprint density at radius 2 is 1.67 bits per heavy atom. The van der Waals surface area contributed by atoms with Crippen LogP contribution in [0.15, 0.2) is 53.4 Å². The number of benzene rings is 2. The predicted molar refractivity (Wildman–Crippen MR) is 128 cm³/mol. The van der Waals surface area contributed by atoms with Gasteiger partial charge in [-0.25, -0.2) is 0 Å². The fourth-order valence-corrected chi connectivity index (χ4v) is 6.66. The maximum atomic E-state index is 13.6. The molecule has 1 N–H and O–H groups in total. The highest BCUT2D eigenvalue weighted by Gasteiger charge is 2.47. The van der Waals surface area contributed by atoms with Gasteiger partial charge in [0.05, 0.1) is 16.9 Å². The molecule has 4 heteroatoms. The number of nitrogens with zero attached hydrogens (tertiary/aromatic N) is 1. The molecule has 0 amide bonds. The quantitative estimate of drug-likeness (QED) is 0.584. The van der Waals surface area contributed by atoms with Gasteiger partial charge in [0, 0.05) is 41.8 Å². The van der Waals surface area contributed by atoms with Crippen LogP contribution in [0.2, 0.25) is 0 Å². The molecule has 0 aliphatic carbocycles. The smallest absolute Gasteiger partial charge is 0.0714 e. The van der Waals surface area contributed by atoms with Crippen molar-refractivity contribution in [3.05, 3.63) is 59.7 Å². The second kappa shape index (κ2) is 10.1. The molecular formula is C26H37NO2S. The summed E-state index contributed by atoms with van der Waals surface area (Å²) < 4.78 is 13.6. The minimum atomic E-state index is -1.12. The lowest BCUT2D eigenvalue weighted by atomic mass is 9.68. The topological polar surface area (TPSA) is 40.5 Å². The molecule has 0 fully saturated rings. The molecule has 2 unspecified atom stereocenters. The molecule has 0 saturated carbocycles. The predicted octanol–water partition coefficient (Wildman–Crippen LogP) is 5.73. The van der Waals surface area contributed by atoms with E-state index in [-0.39, 0.29) is 11.3 Å². The van der Waals surface area contributed by atoms with E-state index in [2.05, 4.69) is 43.0 Å². The third-order valence-corrected chi connectivity index (χ3v) is 8.37. The van der Waals surface area contributed by atoms with Gasteiger partial charge in [0.2, 0.25) is 0 Å². The molecule has 0 aromatic heterocycles. The first-order chi connectivity index (χ1) is 14.4. The summed E-state index contributed by atoms with van der Waals surface area (Å²) in [6.07, 6.45) is 5.57. The number of hydrogen-bond donors (Lipinski definition) is 1. The van der Waals surface area contributed by atoms with Gasteiger partial charge in [-0.05, 0) is 42.2 Å². The van der Waals surface area contributed by atoms with Crippen LogP contribution in [0.3, 0.4) is 0 Å². The molecule has 2 aromatic carbocycles. The van der Waals surface area contributed by atoms with Gasteiger partial charge in [-0.3, -0.25) is 4.21 Å². The molecule has 3 atom stereocenters. The van der Waals surface area contributed by atoms with E-state index in [9.17, 15) is 9.32 Å². The Kier molecular flexibility index (Phi) is 7.75. The number of fused-ring (bicyclic) bond motifs is 1. The zero-order chi connectivity index (χ0) is 21.7. The molecule has 30 heavy (non-hydrogen) atoms. The monoisotopic (exact) mass is 427 g/mol. The summed E-state index contributed by atoms with van der Waals surface area (Å²) in [5.41, 5.74) is 2.88. The lowest BCUT2D eigenvalue weighted by Gasteiger charge is -2.40. The third-order valence-electron chi connectivity index (χ3n) is 6.67. The standard InChI is InChI=1S/C26H37NO2S/c1-5-7-16-26(17-8-6-2)19-30(29)23-15-14-21(27(3)4)18-22(23)24(25(26)28)20-12-10-9-11-13-20/h9-15,18,24-25,28H,5-8,16-17,19H2,1-4H3/t24-,25?,30?/m1/s1. The van der Waals surface area contributed by atoms with E-state index in [4.69, 9.17) is 0 Å². The van der Waals surface area contributed by atoms with Crippen LogP contribution >= 0.6 is 0 Å². The summed E-state index contributed by atoms with van der Waals surface area (Å²) in [5.74, 6) is 0.382. The second-order valence-corrected chi connectivity index (χ2v) is 10.4. The highest BCUT2D eigenvalue weighted by Crippen LogP contribution is 2.49. The van der Waals surface area contributed by atoms with Crippen molar-refractivity contribution in [1.29, 1.82) is 0 Å². The van der Waals surface area contributed by atoms with E-state index in [0.717, 1.165) is 60.2 Å². The molecule has 1 aliphatic rings. The van der Waals surface area contributed by atoms with Crippen LogP contribution in [0.25, 0.3) is 0 Å². The van der Waals surface area contributed by atoms with Crippen LogP contribution in [0.4, 0.5) is 5.69 Å². The van der Waals surface area contributed by atoms with Gasteiger partial charge in [-0.2, -0.15) is 0 Å². The molecule has 0 saturated heterocycles. The van der Waals surface area contributed by atoms with E-state index in [0.29, 0.717) is 5.75 Å². The van der Waals surface area contributed by atoms with Crippen molar-refractivity contribution >= 4 is 16.5 Å². The summed E-state index contributed by atoms with van der Waals surface area (Å²) in [5, 5.41) is 12.0. The first-order valence-corrected chi connectivity index (χ1v) is 12.7. The van der Waals surface area contributed by atoms with Gasteiger partial charge >= 0.3 is 0 Å². The van der Waals surface area contributed by atoms with Gasteiger partial charge in [0.15, 0.2) is 0 Å². The van der Waals surface area contributed by atoms with Crippen molar-refractivity contribution in [3.8, 4) is 0 Å². The van der Waals surface area contributed by atoms with Gasteiger partial charge in [0.1, 0.15) is 0 Å². The normalized spacial score (nSPS) is 22.9. The maximum absolute atomic E-state index is 13.6. The van der Waals surface area contributed by atoms with Crippen molar-refractivity contribution in [1.82, 2.24) is 0 Å². The third kappa shape index (κ3) is 4.65. The Hall–Kier alpha value is -1.65. The molecule has 1 heterocycles. The zero-order valence-corrected chi connectivity index (χ0v) is 19.8. The van der Waals surface area contributed by atoms with Gasteiger partial charge in [-0.15, -0.1) is 0 Å². The van der Waals surface area contributed by atoms with Gasteiger partial charge < -0.3 is 10.0 Å². The lowest BCUT2D eigenvalue weighted by molar-refractivity contribution is 0.0131. The average molecular weight is 428 g/mol. The Balaban J connectivity index is 2.21. The molecular weight excluding hydrogens is 390 g/mol. The molecule has 0 spiro atoms. The zero-order valence-electron chi connectivity index (χ0n) is 18.9. The molecule has 0 bridgehead atoms. The summed E-state index contributed by atoms with van der Waals surface area (Å²) in [7, 11) is 2.92.